The highest BCUT2D eigenvalue weighted by Gasteiger charge is 2.13. The Hall–Kier alpha value is -0.940. The molecule has 0 radical (unpaired) electrons. The summed E-state index contributed by atoms with van der Waals surface area (Å²) in [5.74, 6) is 0. The molecule has 0 aliphatic heterocycles. The normalized spacial score (nSPS) is 12.2. The summed E-state index contributed by atoms with van der Waals surface area (Å²) in [6, 6.07) is 0. The average Bonchev–Trinajstić information content (AvgIpc) is 2.47. The van der Waals surface area contributed by atoms with Crippen molar-refractivity contribution in [3.05, 3.63) is 18.7 Å². The summed E-state index contributed by atoms with van der Waals surface area (Å²) >= 11 is 0. The third-order valence-corrected chi connectivity index (χ3v) is 1.54. The molecule has 0 aliphatic carbocycles. The molecule has 0 saturated carbocycles. The Morgan fingerprint density at radius 3 is 2.62 bits per heavy atom. The third kappa shape index (κ3) is 3.12. The van der Waals surface area contributed by atoms with Crippen molar-refractivity contribution < 1.29 is 18.7 Å². The van der Waals surface area contributed by atoms with Crippen molar-refractivity contribution in [1.29, 1.82) is 0 Å². The van der Waals surface area contributed by atoms with Gasteiger partial charge in [0.25, 0.3) is 0 Å². The van der Waals surface area contributed by atoms with E-state index >= 15 is 0 Å². The number of nitrogens with zero attached hydrogens (tertiary/aromatic N) is 2. The molecule has 1 rings (SSSR count). The van der Waals surface area contributed by atoms with E-state index in [1.807, 2.05) is 41.8 Å². The fourth-order valence-corrected chi connectivity index (χ4v) is 1.01. The van der Waals surface area contributed by atoms with Crippen LogP contribution in [0.25, 0.3) is 0 Å². The summed E-state index contributed by atoms with van der Waals surface area (Å²) in [6.07, 6.45) is 5.44. The van der Waals surface area contributed by atoms with Gasteiger partial charge >= 0.3 is 6.41 Å². The van der Waals surface area contributed by atoms with E-state index in [1.165, 1.54) is 0 Å². The minimum absolute atomic E-state index is 0. The van der Waals surface area contributed by atoms with Gasteiger partial charge in [0.05, 0.1) is 13.7 Å². The molecule has 5 heteroatoms. The van der Waals surface area contributed by atoms with Gasteiger partial charge in [0.2, 0.25) is 6.33 Å². The van der Waals surface area contributed by atoms with Gasteiger partial charge in [-0.2, -0.15) is 4.57 Å². The molecule has 0 saturated heterocycles. The minimum Gasteiger partial charge on any atom is -1.00 e. The van der Waals surface area contributed by atoms with Crippen LogP contribution in [0.2, 0.25) is 0 Å². The summed E-state index contributed by atoms with van der Waals surface area (Å²) in [5.41, 5.74) is 0. The van der Waals surface area contributed by atoms with Crippen LogP contribution in [-0.4, -0.2) is 18.3 Å². The van der Waals surface area contributed by atoms with Crippen LogP contribution in [0.1, 0.15) is 13.3 Å². The Bertz CT molecular complexity index is 240. The second-order valence-corrected chi connectivity index (χ2v) is 2.52. The van der Waals surface area contributed by atoms with Crippen LogP contribution in [0, 0.1) is 0 Å². The van der Waals surface area contributed by atoms with Crippen molar-refractivity contribution in [1.82, 2.24) is 4.57 Å². The maximum absolute atomic E-state index is 5.32. The van der Waals surface area contributed by atoms with Crippen molar-refractivity contribution >= 4 is 0 Å². The Morgan fingerprint density at radius 1 is 1.54 bits per heavy atom. The molecule has 1 aromatic rings. The molecule has 1 unspecified atom stereocenters. The number of hydrogen-bond acceptors (Lipinski definition) is 2. The van der Waals surface area contributed by atoms with Crippen molar-refractivity contribution in [2.75, 3.05) is 13.7 Å². The van der Waals surface area contributed by atoms with E-state index < -0.39 is 0 Å². The number of methoxy groups -OCH3 is 1. The molecule has 1 heterocycles. The van der Waals surface area contributed by atoms with E-state index in [0.29, 0.717) is 6.61 Å². The van der Waals surface area contributed by atoms with Crippen LogP contribution in [0.5, 0.6) is 0 Å². The molecular weight excluding hydrogens is 175 g/mol. The molecule has 0 spiro atoms. The van der Waals surface area contributed by atoms with Gasteiger partial charge < -0.3 is 14.2 Å². The Balaban J connectivity index is 0.00000144. The van der Waals surface area contributed by atoms with Crippen LogP contribution >= 0.6 is 0 Å². The zero-order chi connectivity index (χ0) is 8.97. The highest BCUT2D eigenvalue weighted by molar-refractivity contribution is 4.66. The lowest BCUT2D eigenvalue weighted by molar-refractivity contribution is -0.671. The highest BCUT2D eigenvalue weighted by Crippen LogP contribution is 2.06. The maximum Gasteiger partial charge on any atom is 0.316 e. The molecule has 0 aromatic carbocycles. The number of ether oxygens (including phenoxy) is 2. The lowest BCUT2D eigenvalue weighted by Crippen LogP contribution is -3.00. The predicted octanol–water partition coefficient (Wildman–Crippen LogP) is -2.54. The standard InChI is InChI=1S/C8H15N2O2.FH/c1-4-12-8(11-3)10-6-5-9(2)7-10;/h5-8H,4H2,1-3H3;1H/q+1;/p-1. The molecule has 0 fully saturated rings. The SMILES string of the molecule is CCOC(OC)n1cc[n+](C)c1.[F-]. The number of halogens is 1. The number of rotatable bonds is 4. The number of hydrogen-bond donors (Lipinski definition) is 0. The first kappa shape index (κ1) is 12.1. The number of imidazole rings is 1. The molecule has 4 nitrogen and oxygen atoms in total. The molecule has 13 heavy (non-hydrogen) atoms. The van der Waals surface area contributed by atoms with Gasteiger partial charge in [-0.15, -0.1) is 0 Å². The van der Waals surface area contributed by atoms with Gasteiger partial charge in [0.15, 0.2) is 0 Å². The van der Waals surface area contributed by atoms with Gasteiger partial charge in [-0.1, -0.05) is 0 Å². The van der Waals surface area contributed by atoms with E-state index in [1.54, 1.807) is 7.11 Å². The maximum atomic E-state index is 5.32. The van der Waals surface area contributed by atoms with Gasteiger partial charge in [-0.05, 0) is 6.92 Å². The predicted molar refractivity (Wildman–Crippen MR) is 43.3 cm³/mol. The zero-order valence-corrected chi connectivity index (χ0v) is 8.11. The molecular formula is C8H15FN2O2. The third-order valence-electron chi connectivity index (χ3n) is 1.54. The van der Waals surface area contributed by atoms with Crippen LogP contribution in [-0.2, 0) is 16.5 Å². The van der Waals surface area contributed by atoms with Crippen LogP contribution in [0.3, 0.4) is 0 Å². The van der Waals surface area contributed by atoms with Gasteiger partial charge in [0, 0.05) is 7.11 Å². The number of aryl methyl sites for hydroxylation is 1. The molecule has 76 valence electrons. The van der Waals surface area contributed by atoms with Crippen molar-refractivity contribution in [3.8, 4) is 0 Å². The second-order valence-electron chi connectivity index (χ2n) is 2.52. The van der Waals surface area contributed by atoms with Crippen molar-refractivity contribution in [3.63, 3.8) is 0 Å². The first-order chi connectivity index (χ1) is 5.77. The first-order valence-electron chi connectivity index (χ1n) is 3.95. The van der Waals surface area contributed by atoms with Crippen LogP contribution in [0.15, 0.2) is 18.7 Å². The fourth-order valence-electron chi connectivity index (χ4n) is 1.01. The van der Waals surface area contributed by atoms with E-state index in [0.717, 1.165) is 0 Å². The molecule has 0 amide bonds. The van der Waals surface area contributed by atoms with Crippen molar-refractivity contribution in [2.45, 2.75) is 13.3 Å². The lowest BCUT2D eigenvalue weighted by atomic mass is 10.8. The van der Waals surface area contributed by atoms with Crippen LogP contribution < -0.4 is 9.27 Å². The fraction of sp³-hybridized carbons (Fsp3) is 0.625. The van der Waals surface area contributed by atoms with E-state index in [-0.39, 0.29) is 11.1 Å². The Kier molecular flexibility index (Phi) is 5.25. The zero-order valence-electron chi connectivity index (χ0n) is 8.11. The van der Waals surface area contributed by atoms with Gasteiger partial charge in [0.1, 0.15) is 12.4 Å². The molecule has 1 atom stereocenters. The summed E-state index contributed by atoms with van der Waals surface area (Å²) in [6.45, 7) is 2.58. The second kappa shape index (κ2) is 5.66. The van der Waals surface area contributed by atoms with Gasteiger partial charge in [-0.3, -0.25) is 0 Å². The Morgan fingerprint density at radius 2 is 2.23 bits per heavy atom. The van der Waals surface area contributed by atoms with E-state index in [4.69, 9.17) is 9.47 Å². The minimum atomic E-state index is -0.309. The van der Waals surface area contributed by atoms with E-state index in [9.17, 15) is 0 Å². The smallest absolute Gasteiger partial charge is 0.316 e. The largest absolute Gasteiger partial charge is 1.00 e. The molecule has 1 aromatic heterocycles. The van der Waals surface area contributed by atoms with Crippen molar-refractivity contribution in [2.24, 2.45) is 7.05 Å². The van der Waals surface area contributed by atoms with E-state index in [2.05, 4.69) is 0 Å². The summed E-state index contributed by atoms with van der Waals surface area (Å²) in [4.78, 5) is 0. The molecule has 0 aliphatic rings. The monoisotopic (exact) mass is 190 g/mol. The quantitative estimate of drug-likeness (QED) is 0.386. The number of aromatic nitrogens is 2. The molecule has 0 N–H and O–H groups in total. The van der Waals surface area contributed by atoms with Gasteiger partial charge in [-0.25, -0.2) is 4.57 Å². The van der Waals surface area contributed by atoms with Crippen LogP contribution in [0.4, 0.5) is 0 Å². The Labute approximate surface area is 77.1 Å². The topological polar surface area (TPSA) is 27.3 Å². The first-order valence-corrected chi connectivity index (χ1v) is 3.95. The highest BCUT2D eigenvalue weighted by atomic mass is 19.0. The average molecular weight is 190 g/mol. The summed E-state index contributed by atoms with van der Waals surface area (Å²) in [7, 11) is 3.58. The lowest BCUT2D eigenvalue weighted by Gasteiger charge is -2.10. The summed E-state index contributed by atoms with van der Waals surface area (Å²) in [5, 5.41) is 0. The summed E-state index contributed by atoms with van der Waals surface area (Å²) < 4.78 is 14.2. The molecule has 0 bridgehead atoms.